The molecular weight excluding hydrogens is 276 g/mol. The van der Waals surface area contributed by atoms with Crippen molar-refractivity contribution >= 4 is 5.78 Å². The van der Waals surface area contributed by atoms with Crippen molar-refractivity contribution in [2.24, 2.45) is 29.1 Å². The molecule has 0 aromatic heterocycles. The quantitative estimate of drug-likeness (QED) is 0.723. The Morgan fingerprint density at radius 3 is 2.68 bits per heavy atom. The van der Waals surface area contributed by atoms with Crippen LogP contribution in [-0.4, -0.2) is 27.7 Å². The van der Waals surface area contributed by atoms with Crippen molar-refractivity contribution in [3.63, 3.8) is 0 Å². The van der Waals surface area contributed by atoms with Crippen LogP contribution in [-0.2, 0) is 4.79 Å². The number of aliphatic hydroxyl groups excluding tert-OH is 1. The number of hydrogen-bond acceptors (Lipinski definition) is 3. The van der Waals surface area contributed by atoms with Gasteiger partial charge in [0.25, 0.3) is 0 Å². The van der Waals surface area contributed by atoms with E-state index in [0.29, 0.717) is 30.1 Å². The highest BCUT2D eigenvalue weighted by Crippen LogP contribution is 2.64. The summed E-state index contributed by atoms with van der Waals surface area (Å²) in [7, 11) is 0. The largest absolute Gasteiger partial charge is 0.390 e. The summed E-state index contributed by atoms with van der Waals surface area (Å²) in [5.74, 6) is 2.23. The minimum absolute atomic E-state index is 0.000406. The first-order valence-electron chi connectivity index (χ1n) is 8.98. The first-order chi connectivity index (χ1) is 10.3. The number of rotatable bonds is 0. The maximum Gasteiger partial charge on any atom is 0.155 e. The van der Waals surface area contributed by atoms with E-state index in [1.54, 1.807) is 6.08 Å². The van der Waals surface area contributed by atoms with Gasteiger partial charge in [-0.15, -0.1) is 0 Å². The van der Waals surface area contributed by atoms with Gasteiger partial charge in [-0.2, -0.15) is 0 Å². The van der Waals surface area contributed by atoms with Crippen LogP contribution in [0.4, 0.5) is 0 Å². The smallest absolute Gasteiger partial charge is 0.155 e. The number of aliphatic hydroxyl groups is 2. The molecule has 4 aliphatic rings. The molecule has 0 aromatic carbocycles. The van der Waals surface area contributed by atoms with E-state index in [-0.39, 0.29) is 11.2 Å². The molecule has 0 aliphatic heterocycles. The molecule has 122 valence electrons. The van der Waals surface area contributed by atoms with Crippen LogP contribution in [0.1, 0.15) is 58.8 Å². The molecule has 0 bridgehead atoms. The lowest BCUT2D eigenvalue weighted by atomic mass is 9.50. The number of ketones is 1. The molecular formula is C19H28O3. The summed E-state index contributed by atoms with van der Waals surface area (Å²) in [5, 5.41) is 21.5. The van der Waals surface area contributed by atoms with Gasteiger partial charge in [-0.3, -0.25) is 4.79 Å². The van der Waals surface area contributed by atoms with E-state index in [1.165, 1.54) is 0 Å². The van der Waals surface area contributed by atoms with Crippen LogP contribution in [0.5, 0.6) is 0 Å². The predicted octanol–water partition coefficient (Wildman–Crippen LogP) is 2.85. The van der Waals surface area contributed by atoms with Gasteiger partial charge in [0.15, 0.2) is 5.78 Å². The molecule has 0 heterocycles. The summed E-state index contributed by atoms with van der Waals surface area (Å²) >= 11 is 0. The summed E-state index contributed by atoms with van der Waals surface area (Å²) in [5.41, 5.74) is 0.456. The first-order valence-corrected chi connectivity index (χ1v) is 8.98. The van der Waals surface area contributed by atoms with Crippen LogP contribution in [0.25, 0.3) is 0 Å². The van der Waals surface area contributed by atoms with E-state index in [0.717, 1.165) is 44.1 Å². The van der Waals surface area contributed by atoms with Crippen molar-refractivity contribution in [1.82, 2.24) is 0 Å². The Labute approximate surface area is 132 Å². The monoisotopic (exact) mass is 304 g/mol. The molecule has 3 heteroatoms. The van der Waals surface area contributed by atoms with E-state index in [2.05, 4.69) is 6.92 Å². The van der Waals surface area contributed by atoms with E-state index < -0.39 is 11.7 Å². The Hall–Kier alpha value is -0.670. The van der Waals surface area contributed by atoms with Gasteiger partial charge >= 0.3 is 0 Å². The van der Waals surface area contributed by atoms with Gasteiger partial charge in [0.1, 0.15) is 0 Å². The Balaban J connectivity index is 1.68. The molecule has 22 heavy (non-hydrogen) atoms. The normalized spacial score (nSPS) is 54.3. The SMILES string of the molecule is C[C@]1(O)CC[C@H]2[C@@H]3C[C@@H](O)C4=CC(=O)CC[C@@H]4[C@H]3CC[C@@]21C. The lowest BCUT2D eigenvalue weighted by molar-refractivity contribution is -0.121. The Morgan fingerprint density at radius 2 is 1.91 bits per heavy atom. The van der Waals surface area contributed by atoms with Crippen LogP contribution < -0.4 is 0 Å². The first kappa shape index (κ1) is 14.9. The molecule has 7 atom stereocenters. The number of carbonyl (C=O) groups is 1. The van der Waals surface area contributed by atoms with Crippen molar-refractivity contribution in [2.45, 2.75) is 70.5 Å². The predicted molar refractivity (Wildman–Crippen MR) is 84.1 cm³/mol. The van der Waals surface area contributed by atoms with E-state index >= 15 is 0 Å². The van der Waals surface area contributed by atoms with E-state index in [9.17, 15) is 15.0 Å². The zero-order valence-corrected chi connectivity index (χ0v) is 13.7. The highest BCUT2D eigenvalue weighted by molar-refractivity contribution is 5.91. The average molecular weight is 304 g/mol. The fraction of sp³-hybridized carbons (Fsp3) is 0.842. The highest BCUT2D eigenvalue weighted by atomic mass is 16.3. The molecule has 3 nitrogen and oxygen atoms in total. The minimum atomic E-state index is -0.563. The van der Waals surface area contributed by atoms with Crippen molar-refractivity contribution in [2.75, 3.05) is 0 Å². The van der Waals surface area contributed by atoms with Gasteiger partial charge in [-0.05, 0) is 86.2 Å². The third kappa shape index (κ3) is 1.85. The zero-order chi connectivity index (χ0) is 15.7. The number of carbonyl (C=O) groups excluding carboxylic acids is 1. The van der Waals surface area contributed by atoms with Gasteiger partial charge in [-0.25, -0.2) is 0 Å². The molecule has 0 unspecified atom stereocenters. The number of fused-ring (bicyclic) bond motifs is 5. The van der Waals surface area contributed by atoms with Crippen LogP contribution in [0.2, 0.25) is 0 Å². The second-order valence-electron chi connectivity index (χ2n) is 8.71. The highest BCUT2D eigenvalue weighted by Gasteiger charge is 2.61. The minimum Gasteiger partial charge on any atom is -0.390 e. The van der Waals surface area contributed by atoms with Crippen molar-refractivity contribution < 1.29 is 15.0 Å². The van der Waals surface area contributed by atoms with Crippen LogP contribution in [0.3, 0.4) is 0 Å². The Kier molecular flexibility index (Phi) is 3.16. The lowest BCUT2D eigenvalue weighted by Crippen LogP contribution is -2.53. The van der Waals surface area contributed by atoms with Crippen LogP contribution in [0.15, 0.2) is 11.6 Å². The fourth-order valence-corrected chi connectivity index (χ4v) is 6.43. The van der Waals surface area contributed by atoms with Crippen molar-refractivity contribution in [3.05, 3.63) is 11.6 Å². The molecule has 0 aromatic rings. The summed E-state index contributed by atoms with van der Waals surface area (Å²) < 4.78 is 0. The van der Waals surface area contributed by atoms with Crippen molar-refractivity contribution in [1.29, 1.82) is 0 Å². The average Bonchev–Trinajstić information content (AvgIpc) is 2.70. The maximum absolute atomic E-state index is 11.7. The second kappa shape index (κ2) is 4.67. The van der Waals surface area contributed by atoms with E-state index in [1.807, 2.05) is 6.92 Å². The third-order valence-electron chi connectivity index (χ3n) is 7.91. The second-order valence-corrected chi connectivity index (χ2v) is 8.71. The Morgan fingerprint density at radius 1 is 1.14 bits per heavy atom. The van der Waals surface area contributed by atoms with Crippen molar-refractivity contribution in [3.8, 4) is 0 Å². The molecule has 4 rings (SSSR count). The molecule has 2 N–H and O–H groups in total. The fourth-order valence-electron chi connectivity index (χ4n) is 6.43. The molecule has 3 saturated carbocycles. The van der Waals surface area contributed by atoms with Crippen LogP contribution >= 0.6 is 0 Å². The molecule has 4 aliphatic carbocycles. The summed E-state index contributed by atoms with van der Waals surface area (Å²) in [6.07, 6.45) is 7.84. The lowest BCUT2D eigenvalue weighted by Gasteiger charge is -2.56. The van der Waals surface area contributed by atoms with E-state index in [4.69, 9.17) is 0 Å². The maximum atomic E-state index is 11.7. The molecule has 0 radical (unpaired) electrons. The molecule has 0 spiro atoms. The van der Waals surface area contributed by atoms with Gasteiger partial charge in [0, 0.05) is 6.42 Å². The summed E-state index contributed by atoms with van der Waals surface area (Å²) in [6, 6.07) is 0. The van der Waals surface area contributed by atoms with Gasteiger partial charge in [0.2, 0.25) is 0 Å². The van der Waals surface area contributed by atoms with Crippen LogP contribution in [0, 0.1) is 29.1 Å². The molecule has 0 saturated heterocycles. The summed E-state index contributed by atoms with van der Waals surface area (Å²) in [4.78, 5) is 11.7. The standard InChI is InChI=1S/C19H28O3/c1-18-7-5-13-12-4-3-11(20)9-15(12)17(21)10-14(13)16(18)6-8-19(18,2)22/h9,12-14,16-17,21-22H,3-8,10H2,1-2H3/t12-,13-,14-,16+,17-,18+,19+/m1/s1. The molecule has 0 amide bonds. The number of hydrogen-bond donors (Lipinski definition) is 2. The topological polar surface area (TPSA) is 57.5 Å². The van der Waals surface area contributed by atoms with Gasteiger partial charge in [0.05, 0.1) is 11.7 Å². The summed E-state index contributed by atoms with van der Waals surface area (Å²) in [6.45, 7) is 4.28. The Bertz CT molecular complexity index is 535. The van der Waals surface area contributed by atoms with Gasteiger partial charge in [-0.1, -0.05) is 6.92 Å². The molecule has 3 fully saturated rings. The van der Waals surface area contributed by atoms with Gasteiger partial charge < -0.3 is 10.2 Å². The zero-order valence-electron chi connectivity index (χ0n) is 13.7. The third-order valence-corrected chi connectivity index (χ3v) is 7.91.